The fourth-order valence-electron chi connectivity index (χ4n) is 3.44. The van der Waals surface area contributed by atoms with Crippen LogP contribution in [0.1, 0.15) is 22.8 Å². The van der Waals surface area contributed by atoms with Crippen LogP contribution in [0.5, 0.6) is 0 Å². The van der Waals surface area contributed by atoms with Crippen LogP contribution in [0.25, 0.3) is 17.1 Å². The van der Waals surface area contributed by atoms with Crippen molar-refractivity contribution in [2.24, 2.45) is 0 Å². The number of aromatic nitrogens is 3. The van der Waals surface area contributed by atoms with Gasteiger partial charge in [-0.3, -0.25) is 14.2 Å². The highest BCUT2D eigenvalue weighted by molar-refractivity contribution is 7.99. The molecule has 3 aromatic carbocycles. The number of rotatable bonds is 8. The predicted octanol–water partition coefficient (Wildman–Crippen LogP) is 4.86. The predicted molar refractivity (Wildman–Crippen MR) is 135 cm³/mol. The quantitative estimate of drug-likeness (QED) is 0.345. The van der Waals surface area contributed by atoms with E-state index in [1.165, 1.54) is 23.9 Å². The third kappa shape index (κ3) is 5.75. The lowest BCUT2D eigenvalue weighted by Crippen LogP contribution is -2.23. The molecule has 178 valence electrons. The Morgan fingerprint density at radius 3 is 2.46 bits per heavy atom. The molecule has 1 heterocycles. The first-order valence-corrected chi connectivity index (χ1v) is 12.0. The van der Waals surface area contributed by atoms with Gasteiger partial charge in [0.15, 0.2) is 11.0 Å². The number of amides is 2. The molecule has 7 nitrogen and oxygen atoms in total. The number of halogens is 1. The summed E-state index contributed by atoms with van der Waals surface area (Å²) >= 11 is 1.24. The summed E-state index contributed by atoms with van der Waals surface area (Å²) in [6.45, 7) is 4.24. The van der Waals surface area contributed by atoms with Crippen LogP contribution in [0.4, 0.5) is 10.1 Å². The second kappa shape index (κ2) is 11.0. The smallest absolute Gasteiger partial charge is 0.251 e. The van der Waals surface area contributed by atoms with Crippen LogP contribution >= 0.6 is 11.8 Å². The summed E-state index contributed by atoms with van der Waals surface area (Å²) < 4.78 is 15.3. The molecule has 0 aliphatic carbocycles. The fourth-order valence-corrected chi connectivity index (χ4v) is 4.19. The fraction of sp³-hybridized carbons (Fsp3) is 0.154. The molecule has 2 N–H and O–H groups in total. The Kier molecular flexibility index (Phi) is 7.57. The normalized spacial score (nSPS) is 10.7. The van der Waals surface area contributed by atoms with Gasteiger partial charge in [-0.25, -0.2) is 4.39 Å². The maximum Gasteiger partial charge on any atom is 0.251 e. The van der Waals surface area contributed by atoms with Crippen LogP contribution in [0.2, 0.25) is 0 Å². The number of aryl methyl sites for hydroxylation is 1. The van der Waals surface area contributed by atoms with Crippen molar-refractivity contribution in [1.29, 1.82) is 0 Å². The molecule has 0 spiro atoms. The number of hydrogen-bond acceptors (Lipinski definition) is 5. The lowest BCUT2D eigenvalue weighted by Gasteiger charge is -2.12. The molecule has 1 aromatic heterocycles. The summed E-state index contributed by atoms with van der Waals surface area (Å²) in [4.78, 5) is 24.9. The van der Waals surface area contributed by atoms with E-state index in [9.17, 15) is 14.0 Å². The van der Waals surface area contributed by atoms with Crippen molar-refractivity contribution in [3.05, 3.63) is 89.7 Å². The molecule has 0 saturated heterocycles. The Morgan fingerprint density at radius 2 is 1.74 bits per heavy atom. The van der Waals surface area contributed by atoms with Gasteiger partial charge in [-0.1, -0.05) is 36.0 Å². The van der Waals surface area contributed by atoms with Gasteiger partial charge in [0, 0.05) is 29.0 Å². The zero-order valence-corrected chi connectivity index (χ0v) is 20.1. The summed E-state index contributed by atoms with van der Waals surface area (Å²) in [6, 6.07) is 20.8. The third-order valence-corrected chi connectivity index (χ3v) is 6.12. The highest BCUT2D eigenvalue weighted by Gasteiger charge is 2.18. The van der Waals surface area contributed by atoms with Crippen LogP contribution in [-0.4, -0.2) is 38.9 Å². The minimum absolute atomic E-state index is 0.0825. The zero-order valence-electron chi connectivity index (χ0n) is 19.3. The van der Waals surface area contributed by atoms with Crippen molar-refractivity contribution in [3.63, 3.8) is 0 Å². The maximum absolute atomic E-state index is 13.4. The minimum atomic E-state index is -0.336. The largest absolute Gasteiger partial charge is 0.352 e. The Bertz CT molecular complexity index is 1340. The molecule has 0 aliphatic heterocycles. The van der Waals surface area contributed by atoms with E-state index in [0.717, 1.165) is 11.3 Å². The minimum Gasteiger partial charge on any atom is -0.352 e. The van der Waals surface area contributed by atoms with Crippen molar-refractivity contribution >= 4 is 29.3 Å². The number of carbonyl (C=O) groups is 2. The first kappa shape index (κ1) is 24.2. The summed E-state index contributed by atoms with van der Waals surface area (Å²) in [6.07, 6.45) is 0. The van der Waals surface area contributed by atoms with Gasteiger partial charge in [0.2, 0.25) is 5.91 Å². The average molecular weight is 490 g/mol. The summed E-state index contributed by atoms with van der Waals surface area (Å²) in [7, 11) is 0. The highest BCUT2D eigenvalue weighted by atomic mass is 32.2. The molecule has 4 aromatic rings. The molecular weight excluding hydrogens is 465 g/mol. The van der Waals surface area contributed by atoms with Crippen molar-refractivity contribution in [1.82, 2.24) is 20.1 Å². The molecular formula is C26H24FN5O2S. The van der Waals surface area contributed by atoms with E-state index in [2.05, 4.69) is 20.8 Å². The number of para-hydroxylation sites is 1. The van der Waals surface area contributed by atoms with Gasteiger partial charge in [-0.15, -0.1) is 10.2 Å². The Hall–Kier alpha value is -3.98. The van der Waals surface area contributed by atoms with Crippen LogP contribution in [0.15, 0.2) is 78.0 Å². The topological polar surface area (TPSA) is 88.9 Å². The molecule has 0 unspecified atom stereocenters. The number of nitrogens with zero attached hydrogens (tertiary/aromatic N) is 3. The van der Waals surface area contributed by atoms with E-state index in [4.69, 9.17) is 0 Å². The van der Waals surface area contributed by atoms with Gasteiger partial charge in [-0.05, 0) is 67.9 Å². The molecule has 0 bridgehead atoms. The summed E-state index contributed by atoms with van der Waals surface area (Å²) in [5, 5.41) is 14.8. The van der Waals surface area contributed by atoms with E-state index in [0.29, 0.717) is 34.3 Å². The Morgan fingerprint density at radius 1 is 1.00 bits per heavy atom. The molecule has 4 rings (SSSR count). The molecule has 0 fully saturated rings. The number of thioether (sulfide) groups is 1. The number of carbonyl (C=O) groups excluding carboxylic acids is 2. The number of hydrogen-bond donors (Lipinski definition) is 2. The average Bonchev–Trinajstić information content (AvgIpc) is 3.29. The number of nitrogens with one attached hydrogen (secondary N) is 2. The first-order valence-electron chi connectivity index (χ1n) is 11.0. The van der Waals surface area contributed by atoms with Gasteiger partial charge in [0.05, 0.1) is 5.75 Å². The van der Waals surface area contributed by atoms with Crippen LogP contribution in [-0.2, 0) is 4.79 Å². The van der Waals surface area contributed by atoms with E-state index in [1.54, 1.807) is 30.3 Å². The molecule has 2 amide bonds. The summed E-state index contributed by atoms with van der Waals surface area (Å²) in [5.74, 6) is -0.139. The SMILES string of the molecule is CCNC(=O)c1ccc(C)c(NC(=O)CSc2nnc(-c3ccc(F)cc3)n2-c2ccccc2)c1. The second-order valence-corrected chi connectivity index (χ2v) is 8.65. The molecule has 0 radical (unpaired) electrons. The third-order valence-electron chi connectivity index (χ3n) is 5.19. The van der Waals surface area contributed by atoms with Crippen LogP contribution < -0.4 is 10.6 Å². The van der Waals surface area contributed by atoms with E-state index in [1.807, 2.05) is 48.7 Å². The van der Waals surface area contributed by atoms with Crippen molar-refractivity contribution in [3.8, 4) is 17.1 Å². The molecule has 35 heavy (non-hydrogen) atoms. The van der Waals surface area contributed by atoms with Crippen LogP contribution in [0.3, 0.4) is 0 Å². The van der Waals surface area contributed by atoms with Crippen LogP contribution in [0, 0.1) is 12.7 Å². The van der Waals surface area contributed by atoms with Gasteiger partial charge in [0.1, 0.15) is 5.82 Å². The lowest BCUT2D eigenvalue weighted by molar-refractivity contribution is -0.113. The van der Waals surface area contributed by atoms with E-state index >= 15 is 0 Å². The first-order chi connectivity index (χ1) is 17.0. The monoisotopic (exact) mass is 489 g/mol. The molecule has 0 saturated carbocycles. The Labute approximate surface area is 206 Å². The van der Waals surface area contributed by atoms with Crippen molar-refractivity contribution < 1.29 is 14.0 Å². The highest BCUT2D eigenvalue weighted by Crippen LogP contribution is 2.28. The van der Waals surface area contributed by atoms with Gasteiger partial charge in [0.25, 0.3) is 5.91 Å². The van der Waals surface area contributed by atoms with Gasteiger partial charge in [-0.2, -0.15) is 0 Å². The van der Waals surface area contributed by atoms with Crippen molar-refractivity contribution in [2.75, 3.05) is 17.6 Å². The zero-order chi connectivity index (χ0) is 24.8. The number of anilines is 1. The van der Waals surface area contributed by atoms with E-state index in [-0.39, 0.29) is 23.4 Å². The maximum atomic E-state index is 13.4. The standard InChI is InChI=1S/C26H24FN5O2S/c1-3-28-25(34)19-10-9-17(2)22(15-19)29-23(33)16-35-26-31-30-24(18-11-13-20(27)14-12-18)32(26)21-7-5-4-6-8-21/h4-15H,3,16H2,1-2H3,(H,28,34)(H,29,33). The van der Waals surface area contributed by atoms with Crippen molar-refractivity contribution in [2.45, 2.75) is 19.0 Å². The second-order valence-electron chi connectivity index (χ2n) is 7.71. The molecule has 0 atom stereocenters. The lowest BCUT2D eigenvalue weighted by atomic mass is 10.1. The molecule has 9 heteroatoms. The van der Waals surface area contributed by atoms with Gasteiger partial charge < -0.3 is 10.6 Å². The number of benzene rings is 3. The van der Waals surface area contributed by atoms with E-state index < -0.39 is 0 Å². The summed E-state index contributed by atoms with van der Waals surface area (Å²) in [5.41, 5.74) is 3.44. The molecule has 0 aliphatic rings. The van der Waals surface area contributed by atoms with Gasteiger partial charge >= 0.3 is 0 Å². The Balaban J connectivity index is 1.54.